The Labute approximate surface area is 202 Å². The van der Waals surface area contributed by atoms with E-state index in [1.54, 1.807) is 4.90 Å². The number of aliphatic hydroxyl groups is 1. The van der Waals surface area contributed by atoms with Gasteiger partial charge in [0.15, 0.2) is 5.69 Å². The minimum absolute atomic E-state index is 0.0364. The Morgan fingerprint density at radius 2 is 1.86 bits per heavy atom. The van der Waals surface area contributed by atoms with E-state index in [0.29, 0.717) is 18.8 Å². The summed E-state index contributed by atoms with van der Waals surface area (Å²) >= 11 is 0. The molecule has 8 nitrogen and oxygen atoms in total. The zero-order valence-electron chi connectivity index (χ0n) is 20.1. The van der Waals surface area contributed by atoms with Crippen LogP contribution in [0.2, 0.25) is 0 Å². The van der Waals surface area contributed by atoms with Gasteiger partial charge in [0, 0.05) is 37.1 Å². The molecule has 0 spiro atoms. The molecule has 35 heavy (non-hydrogen) atoms. The van der Waals surface area contributed by atoms with Crippen LogP contribution in [0.25, 0.3) is 0 Å². The molecule has 1 aromatic carbocycles. The highest BCUT2D eigenvalue weighted by molar-refractivity contribution is 7.89. The number of hydrogen-bond donors (Lipinski definition) is 2. The molecule has 0 radical (unpaired) electrons. The lowest BCUT2D eigenvalue weighted by Crippen LogP contribution is -2.56. The Hall–Kier alpha value is -2.51. The molecule has 1 aliphatic rings. The standard InChI is InChI=1S/C22H29F4N5O3S/c1-13(2)17-12-30(14-6-7-16(23)18(10-14)35(33,34)27-5)8-9-31(17)20-28-11-15(21(3,4)32)19(29-20)22(24,25)26/h6-7,10-11,13,17,27,32H,8-9,12H2,1-5H3/t17-/m0/s1. The topological polar surface area (TPSA) is 98.7 Å². The minimum atomic E-state index is -4.79. The van der Waals surface area contributed by atoms with Gasteiger partial charge in [0.2, 0.25) is 16.0 Å². The van der Waals surface area contributed by atoms with Crippen LogP contribution in [0.5, 0.6) is 0 Å². The predicted molar refractivity (Wildman–Crippen MR) is 123 cm³/mol. The molecule has 0 amide bonds. The quantitative estimate of drug-likeness (QED) is 0.566. The van der Waals surface area contributed by atoms with Crippen LogP contribution in [0.1, 0.15) is 39.0 Å². The molecule has 1 atom stereocenters. The number of anilines is 2. The van der Waals surface area contributed by atoms with Crippen molar-refractivity contribution in [3.05, 3.63) is 41.5 Å². The molecule has 2 N–H and O–H groups in total. The van der Waals surface area contributed by atoms with Gasteiger partial charge in [-0.2, -0.15) is 13.2 Å². The van der Waals surface area contributed by atoms with Gasteiger partial charge in [-0.1, -0.05) is 13.8 Å². The summed E-state index contributed by atoms with van der Waals surface area (Å²) in [6, 6.07) is 3.45. The molecular formula is C22H29F4N5O3S. The zero-order chi connectivity index (χ0) is 26.3. The van der Waals surface area contributed by atoms with Crippen molar-refractivity contribution in [2.45, 2.75) is 50.4 Å². The van der Waals surface area contributed by atoms with Crippen LogP contribution in [0.3, 0.4) is 0 Å². The highest BCUT2D eigenvalue weighted by atomic mass is 32.2. The first kappa shape index (κ1) is 27.1. The molecule has 1 aromatic heterocycles. The summed E-state index contributed by atoms with van der Waals surface area (Å²) < 4.78 is 81.9. The van der Waals surface area contributed by atoms with Crippen LogP contribution in [-0.2, 0) is 21.8 Å². The summed E-state index contributed by atoms with van der Waals surface area (Å²) in [7, 11) is -2.83. The van der Waals surface area contributed by atoms with Crippen molar-refractivity contribution in [1.29, 1.82) is 0 Å². The molecule has 194 valence electrons. The van der Waals surface area contributed by atoms with Gasteiger partial charge in [-0.3, -0.25) is 0 Å². The van der Waals surface area contributed by atoms with Gasteiger partial charge in [0.05, 0.1) is 11.6 Å². The summed E-state index contributed by atoms with van der Waals surface area (Å²) in [6.45, 7) is 7.15. The largest absolute Gasteiger partial charge is 0.433 e. The lowest BCUT2D eigenvalue weighted by atomic mass is 9.97. The Kier molecular flexibility index (Phi) is 7.36. The molecule has 0 aliphatic carbocycles. The van der Waals surface area contributed by atoms with E-state index in [1.807, 2.05) is 18.7 Å². The molecule has 2 aromatic rings. The van der Waals surface area contributed by atoms with Crippen LogP contribution in [0.4, 0.5) is 29.2 Å². The van der Waals surface area contributed by atoms with E-state index in [1.165, 1.54) is 33.0 Å². The summed E-state index contributed by atoms with van der Waals surface area (Å²) in [6.07, 6.45) is -3.78. The van der Waals surface area contributed by atoms with Crippen molar-refractivity contribution < 1.29 is 31.1 Å². The Balaban J connectivity index is 1.97. The van der Waals surface area contributed by atoms with Crippen molar-refractivity contribution in [2.24, 2.45) is 5.92 Å². The van der Waals surface area contributed by atoms with E-state index in [4.69, 9.17) is 0 Å². The van der Waals surface area contributed by atoms with E-state index in [9.17, 15) is 31.1 Å². The minimum Gasteiger partial charge on any atom is -0.386 e. The van der Waals surface area contributed by atoms with Crippen LogP contribution >= 0.6 is 0 Å². The number of nitrogens with zero attached hydrogens (tertiary/aromatic N) is 4. The lowest BCUT2D eigenvalue weighted by Gasteiger charge is -2.44. The van der Waals surface area contributed by atoms with Gasteiger partial charge in [0.25, 0.3) is 0 Å². The second kappa shape index (κ2) is 9.51. The smallest absolute Gasteiger partial charge is 0.386 e. The fraction of sp³-hybridized carbons (Fsp3) is 0.545. The van der Waals surface area contributed by atoms with Crippen molar-refractivity contribution in [3.8, 4) is 0 Å². The maximum Gasteiger partial charge on any atom is 0.433 e. The second-order valence-corrected chi connectivity index (χ2v) is 11.1. The maximum absolute atomic E-state index is 14.2. The van der Waals surface area contributed by atoms with E-state index in [2.05, 4.69) is 14.7 Å². The average molecular weight is 520 g/mol. The molecule has 1 saturated heterocycles. The van der Waals surface area contributed by atoms with Crippen molar-refractivity contribution in [2.75, 3.05) is 36.5 Å². The summed E-state index contributed by atoms with van der Waals surface area (Å²) in [5.41, 5.74) is -2.92. The monoisotopic (exact) mass is 519 g/mol. The maximum atomic E-state index is 14.2. The molecule has 1 fully saturated rings. The lowest BCUT2D eigenvalue weighted by molar-refractivity contribution is -0.144. The SMILES string of the molecule is CNS(=O)(=O)c1cc(N2CCN(c3ncc(C(C)(C)O)c(C(F)(F)F)n3)[C@H](C(C)C)C2)ccc1F. The molecule has 0 unspecified atom stereocenters. The Bertz CT molecular complexity index is 1180. The van der Waals surface area contributed by atoms with Gasteiger partial charge < -0.3 is 14.9 Å². The summed E-state index contributed by atoms with van der Waals surface area (Å²) in [4.78, 5) is 11.0. The van der Waals surface area contributed by atoms with Crippen LogP contribution in [0.15, 0.2) is 29.3 Å². The van der Waals surface area contributed by atoms with E-state index >= 15 is 0 Å². The molecule has 0 bridgehead atoms. The fourth-order valence-electron chi connectivity index (χ4n) is 4.04. The first-order valence-corrected chi connectivity index (χ1v) is 12.5. The van der Waals surface area contributed by atoms with Gasteiger partial charge in [0.1, 0.15) is 10.7 Å². The molecule has 2 heterocycles. The highest BCUT2D eigenvalue weighted by Crippen LogP contribution is 2.37. The molecular weight excluding hydrogens is 490 g/mol. The van der Waals surface area contributed by atoms with Gasteiger partial charge in [-0.05, 0) is 45.0 Å². The third-order valence-electron chi connectivity index (χ3n) is 5.99. The number of aromatic nitrogens is 2. The molecule has 1 aliphatic heterocycles. The first-order valence-electron chi connectivity index (χ1n) is 11.0. The van der Waals surface area contributed by atoms with Crippen LogP contribution in [0, 0.1) is 11.7 Å². The third kappa shape index (κ3) is 5.67. The second-order valence-electron chi connectivity index (χ2n) is 9.26. The number of nitrogens with one attached hydrogen (secondary N) is 1. The first-order chi connectivity index (χ1) is 16.1. The Morgan fingerprint density at radius 1 is 1.20 bits per heavy atom. The predicted octanol–water partition coefficient (Wildman–Crippen LogP) is 3.12. The van der Waals surface area contributed by atoms with E-state index < -0.39 is 43.8 Å². The molecule has 13 heteroatoms. The van der Waals surface area contributed by atoms with Crippen LogP contribution in [-0.4, -0.2) is 56.2 Å². The van der Waals surface area contributed by atoms with Gasteiger partial charge in [-0.25, -0.2) is 27.5 Å². The summed E-state index contributed by atoms with van der Waals surface area (Å²) in [5, 5.41) is 10.2. The number of hydrogen-bond acceptors (Lipinski definition) is 7. The van der Waals surface area contributed by atoms with Gasteiger partial charge in [-0.15, -0.1) is 0 Å². The molecule has 3 rings (SSSR count). The number of alkyl halides is 3. The fourth-order valence-corrected chi connectivity index (χ4v) is 4.86. The van der Waals surface area contributed by atoms with Crippen molar-refractivity contribution in [1.82, 2.24) is 14.7 Å². The number of sulfonamides is 1. The van der Waals surface area contributed by atoms with E-state index in [0.717, 1.165) is 12.3 Å². The van der Waals surface area contributed by atoms with Gasteiger partial charge >= 0.3 is 6.18 Å². The number of benzene rings is 1. The summed E-state index contributed by atoms with van der Waals surface area (Å²) in [5.74, 6) is -1.03. The van der Waals surface area contributed by atoms with Crippen molar-refractivity contribution >= 4 is 21.7 Å². The van der Waals surface area contributed by atoms with Crippen molar-refractivity contribution in [3.63, 3.8) is 0 Å². The number of piperazine rings is 1. The zero-order valence-corrected chi connectivity index (χ0v) is 20.9. The molecule has 0 saturated carbocycles. The third-order valence-corrected chi connectivity index (χ3v) is 7.42. The van der Waals surface area contributed by atoms with Crippen LogP contribution < -0.4 is 14.5 Å². The normalized spacial score (nSPS) is 17.9. The number of rotatable bonds is 6. The van der Waals surface area contributed by atoms with E-state index in [-0.39, 0.29) is 24.5 Å². The Morgan fingerprint density at radius 3 is 2.40 bits per heavy atom. The highest BCUT2D eigenvalue weighted by Gasteiger charge is 2.41. The number of halogens is 4. The average Bonchev–Trinajstić information content (AvgIpc) is 2.77.